The van der Waals surface area contributed by atoms with Gasteiger partial charge in [-0.15, -0.1) is 0 Å². The van der Waals surface area contributed by atoms with E-state index in [2.05, 4.69) is 22.0 Å². The molecule has 0 saturated heterocycles. The first-order valence-corrected chi connectivity index (χ1v) is 7.48. The molecule has 3 heteroatoms. The molecule has 112 valence electrons. The summed E-state index contributed by atoms with van der Waals surface area (Å²) >= 11 is 0. The number of likely N-dealkylation sites (N-methyl/N-ethyl adjacent to an activating group) is 1. The minimum Gasteiger partial charge on any atom is -0.358 e. The highest BCUT2D eigenvalue weighted by atomic mass is 16.1. The number of hydrogen-bond donors (Lipinski definition) is 1. The zero-order chi connectivity index (χ0) is 15.5. The lowest BCUT2D eigenvalue weighted by atomic mass is 10.1. The van der Waals surface area contributed by atoms with E-state index in [9.17, 15) is 4.79 Å². The molecule has 1 aromatic heterocycles. The Morgan fingerprint density at radius 3 is 2.50 bits per heavy atom. The highest BCUT2D eigenvalue weighted by Crippen LogP contribution is 2.22. The molecule has 3 aromatic rings. The maximum atomic E-state index is 12.7. The van der Waals surface area contributed by atoms with Crippen LogP contribution in [0.15, 0.2) is 54.6 Å². The van der Waals surface area contributed by atoms with Gasteiger partial charge in [0.15, 0.2) is 5.78 Å². The van der Waals surface area contributed by atoms with E-state index in [0.717, 1.165) is 28.7 Å². The lowest BCUT2D eigenvalue weighted by Crippen LogP contribution is -2.25. The Morgan fingerprint density at radius 2 is 1.73 bits per heavy atom. The summed E-state index contributed by atoms with van der Waals surface area (Å²) in [7, 11) is 1.98. The number of Topliss-reactive ketones (excluding diaryl/α,β-unsaturated/α-hetero) is 1. The van der Waals surface area contributed by atoms with E-state index in [1.165, 1.54) is 5.56 Å². The fourth-order valence-electron chi connectivity index (χ4n) is 2.91. The summed E-state index contributed by atoms with van der Waals surface area (Å²) in [5.41, 5.74) is 4.00. The first-order valence-electron chi connectivity index (χ1n) is 7.48. The highest BCUT2D eigenvalue weighted by molar-refractivity contribution is 6.10. The monoisotopic (exact) mass is 292 g/mol. The van der Waals surface area contributed by atoms with Gasteiger partial charge in [-0.2, -0.15) is 0 Å². The fourth-order valence-corrected chi connectivity index (χ4v) is 2.91. The minimum absolute atomic E-state index is 0.161. The van der Waals surface area contributed by atoms with Crippen molar-refractivity contribution in [3.8, 4) is 0 Å². The van der Waals surface area contributed by atoms with Crippen molar-refractivity contribution >= 4 is 16.7 Å². The van der Waals surface area contributed by atoms with Gasteiger partial charge in [-0.1, -0.05) is 48.5 Å². The number of aromatic amines is 1. The molecule has 2 aromatic carbocycles. The van der Waals surface area contributed by atoms with Crippen molar-refractivity contribution in [2.24, 2.45) is 0 Å². The molecular weight excluding hydrogens is 272 g/mol. The number of hydrogen-bond acceptors (Lipinski definition) is 2. The van der Waals surface area contributed by atoms with Gasteiger partial charge >= 0.3 is 0 Å². The molecule has 0 fully saturated rings. The Labute approximate surface area is 130 Å². The summed E-state index contributed by atoms with van der Waals surface area (Å²) in [5.74, 6) is 0.161. The van der Waals surface area contributed by atoms with Crippen LogP contribution in [0.1, 0.15) is 21.6 Å². The van der Waals surface area contributed by atoms with Crippen LogP contribution in [0.2, 0.25) is 0 Å². The van der Waals surface area contributed by atoms with E-state index in [1.54, 1.807) is 0 Å². The van der Waals surface area contributed by atoms with Crippen LogP contribution >= 0.6 is 0 Å². The van der Waals surface area contributed by atoms with Crippen LogP contribution in [0.25, 0.3) is 10.9 Å². The second-order valence-electron chi connectivity index (χ2n) is 5.75. The zero-order valence-electron chi connectivity index (χ0n) is 13.0. The Balaban J connectivity index is 1.77. The van der Waals surface area contributed by atoms with Crippen LogP contribution in [0.3, 0.4) is 0 Å². The third kappa shape index (κ3) is 2.95. The number of carbonyl (C=O) groups is 1. The minimum atomic E-state index is 0.161. The summed E-state index contributed by atoms with van der Waals surface area (Å²) in [5, 5.41) is 1.01. The molecule has 0 aliphatic heterocycles. The number of carbonyl (C=O) groups excluding carboxylic acids is 1. The number of ketones is 1. The van der Waals surface area contributed by atoms with Crippen molar-refractivity contribution in [1.29, 1.82) is 0 Å². The summed E-state index contributed by atoms with van der Waals surface area (Å²) in [6.07, 6.45) is 0. The maximum Gasteiger partial charge on any atom is 0.179 e. The van der Waals surface area contributed by atoms with Crippen LogP contribution in [-0.2, 0) is 6.54 Å². The van der Waals surface area contributed by atoms with Crippen molar-refractivity contribution in [3.63, 3.8) is 0 Å². The van der Waals surface area contributed by atoms with Crippen LogP contribution in [0.5, 0.6) is 0 Å². The lowest BCUT2D eigenvalue weighted by Gasteiger charge is -2.16. The van der Waals surface area contributed by atoms with Gasteiger partial charge in [-0.3, -0.25) is 9.69 Å². The molecule has 0 bridgehead atoms. The predicted molar refractivity (Wildman–Crippen MR) is 90.1 cm³/mol. The van der Waals surface area contributed by atoms with Gasteiger partial charge in [0.05, 0.1) is 6.54 Å². The standard InChI is InChI=1S/C19H20N2O/c1-14-19(16-10-6-7-11-17(16)20-14)18(22)13-21(2)12-15-8-4-3-5-9-15/h3-11,20H,12-13H2,1-2H3. The van der Waals surface area contributed by atoms with Gasteiger partial charge in [0.2, 0.25) is 0 Å². The van der Waals surface area contributed by atoms with Gasteiger partial charge in [0.25, 0.3) is 0 Å². The normalized spacial score (nSPS) is 11.2. The summed E-state index contributed by atoms with van der Waals surface area (Å²) in [6.45, 7) is 3.15. The Hall–Kier alpha value is -2.39. The molecule has 3 nitrogen and oxygen atoms in total. The molecule has 0 aliphatic rings. The number of aryl methyl sites for hydroxylation is 1. The van der Waals surface area contributed by atoms with Crippen LogP contribution < -0.4 is 0 Å². The van der Waals surface area contributed by atoms with E-state index in [1.807, 2.05) is 56.4 Å². The largest absolute Gasteiger partial charge is 0.358 e. The van der Waals surface area contributed by atoms with E-state index in [-0.39, 0.29) is 5.78 Å². The molecule has 1 heterocycles. The molecule has 3 rings (SSSR count). The number of nitrogens with zero attached hydrogens (tertiary/aromatic N) is 1. The number of para-hydroxylation sites is 1. The number of aromatic nitrogens is 1. The first-order chi connectivity index (χ1) is 10.6. The fraction of sp³-hybridized carbons (Fsp3) is 0.211. The highest BCUT2D eigenvalue weighted by Gasteiger charge is 2.17. The molecule has 0 unspecified atom stereocenters. The molecule has 22 heavy (non-hydrogen) atoms. The first kappa shape index (κ1) is 14.5. The molecule has 0 saturated carbocycles. The topological polar surface area (TPSA) is 36.1 Å². The molecule has 0 atom stereocenters. The summed E-state index contributed by atoms with van der Waals surface area (Å²) in [6, 6.07) is 18.2. The molecule has 1 N–H and O–H groups in total. The predicted octanol–water partition coefficient (Wildman–Crippen LogP) is 3.79. The third-order valence-electron chi connectivity index (χ3n) is 3.88. The van der Waals surface area contributed by atoms with Crippen molar-refractivity contribution in [2.75, 3.05) is 13.6 Å². The van der Waals surface area contributed by atoms with E-state index < -0.39 is 0 Å². The zero-order valence-corrected chi connectivity index (χ0v) is 13.0. The molecule has 0 spiro atoms. The molecule has 0 amide bonds. The molecule has 0 aliphatic carbocycles. The Kier molecular flexibility index (Phi) is 4.07. The molecule has 0 radical (unpaired) electrons. The van der Waals surface area contributed by atoms with Crippen LogP contribution in [-0.4, -0.2) is 29.3 Å². The average molecular weight is 292 g/mol. The second-order valence-corrected chi connectivity index (χ2v) is 5.75. The Bertz CT molecular complexity index is 790. The average Bonchev–Trinajstić information content (AvgIpc) is 2.83. The number of nitrogens with one attached hydrogen (secondary N) is 1. The van der Waals surface area contributed by atoms with Crippen LogP contribution in [0, 0.1) is 6.92 Å². The second kappa shape index (κ2) is 6.16. The summed E-state index contributed by atoms with van der Waals surface area (Å²) in [4.78, 5) is 18.0. The van der Waals surface area contributed by atoms with Gasteiger partial charge in [0.1, 0.15) is 0 Å². The SMILES string of the molecule is Cc1[nH]c2ccccc2c1C(=O)CN(C)Cc1ccccc1. The Morgan fingerprint density at radius 1 is 1.05 bits per heavy atom. The van der Waals surface area contributed by atoms with Crippen molar-refractivity contribution in [1.82, 2.24) is 9.88 Å². The quantitative estimate of drug-likeness (QED) is 0.726. The van der Waals surface area contributed by atoms with Crippen LogP contribution in [0.4, 0.5) is 0 Å². The van der Waals surface area contributed by atoms with E-state index >= 15 is 0 Å². The van der Waals surface area contributed by atoms with Crippen molar-refractivity contribution in [2.45, 2.75) is 13.5 Å². The smallest absolute Gasteiger partial charge is 0.179 e. The third-order valence-corrected chi connectivity index (χ3v) is 3.88. The number of rotatable bonds is 5. The van der Waals surface area contributed by atoms with E-state index in [4.69, 9.17) is 0 Å². The van der Waals surface area contributed by atoms with Crippen molar-refractivity contribution in [3.05, 3.63) is 71.4 Å². The van der Waals surface area contributed by atoms with E-state index in [0.29, 0.717) is 6.54 Å². The maximum absolute atomic E-state index is 12.7. The lowest BCUT2D eigenvalue weighted by molar-refractivity contribution is 0.0944. The molecular formula is C19H20N2O. The van der Waals surface area contributed by atoms with Crippen molar-refractivity contribution < 1.29 is 4.79 Å². The number of fused-ring (bicyclic) bond motifs is 1. The summed E-state index contributed by atoms with van der Waals surface area (Å²) < 4.78 is 0. The van der Waals surface area contributed by atoms with Gasteiger partial charge < -0.3 is 4.98 Å². The number of benzene rings is 2. The van der Waals surface area contributed by atoms with Gasteiger partial charge in [-0.25, -0.2) is 0 Å². The van der Waals surface area contributed by atoms with Gasteiger partial charge in [0, 0.05) is 28.7 Å². The van der Waals surface area contributed by atoms with Gasteiger partial charge in [-0.05, 0) is 25.6 Å². The number of H-pyrrole nitrogens is 1.